The van der Waals surface area contributed by atoms with E-state index in [0.29, 0.717) is 10.6 Å². The number of hydrogen-bond acceptors (Lipinski definition) is 5. The van der Waals surface area contributed by atoms with Gasteiger partial charge in [0, 0.05) is 12.8 Å². The molecule has 0 aliphatic heterocycles. The minimum absolute atomic E-state index is 0.00870. The third-order valence-electron chi connectivity index (χ3n) is 3.47. The van der Waals surface area contributed by atoms with Gasteiger partial charge in [0.2, 0.25) is 5.91 Å². The number of benzene rings is 1. The third kappa shape index (κ3) is 5.72. The summed E-state index contributed by atoms with van der Waals surface area (Å²) in [6.45, 7) is 3.58. The van der Waals surface area contributed by atoms with E-state index in [4.69, 9.17) is 4.74 Å². The molecule has 1 aromatic heterocycles. The maximum Gasteiger partial charge on any atom is 0.276 e. The standard InChI is InChI=1S/C18H20N2O4S/c1-12-5-3-6-13(2)18(12)24-11-17(23)20-19-16(22)9-8-14(21)15-7-4-10-25-15/h3-7,10H,8-9,11H2,1-2H3,(H,19,22)(H,20,23). The van der Waals surface area contributed by atoms with E-state index in [0.717, 1.165) is 11.1 Å². The molecule has 25 heavy (non-hydrogen) atoms. The van der Waals surface area contributed by atoms with Crippen LogP contribution in [0.25, 0.3) is 0 Å². The summed E-state index contributed by atoms with van der Waals surface area (Å²) in [5.41, 5.74) is 6.43. The van der Waals surface area contributed by atoms with E-state index in [1.165, 1.54) is 11.3 Å². The van der Waals surface area contributed by atoms with Crippen molar-refractivity contribution in [3.63, 3.8) is 0 Å². The van der Waals surface area contributed by atoms with Gasteiger partial charge in [0.15, 0.2) is 12.4 Å². The predicted molar refractivity (Wildman–Crippen MR) is 95.6 cm³/mol. The molecular formula is C18H20N2O4S. The van der Waals surface area contributed by atoms with Gasteiger partial charge in [-0.15, -0.1) is 11.3 Å². The lowest BCUT2D eigenvalue weighted by molar-refractivity contribution is -0.130. The van der Waals surface area contributed by atoms with Crippen LogP contribution < -0.4 is 15.6 Å². The van der Waals surface area contributed by atoms with Crippen molar-refractivity contribution in [3.05, 3.63) is 51.7 Å². The predicted octanol–water partition coefficient (Wildman–Crippen LogP) is 2.55. The number of rotatable bonds is 7. The van der Waals surface area contributed by atoms with Crippen LogP contribution in [0.2, 0.25) is 0 Å². The van der Waals surface area contributed by atoms with E-state index in [2.05, 4.69) is 10.9 Å². The highest BCUT2D eigenvalue weighted by molar-refractivity contribution is 7.12. The Balaban J connectivity index is 1.69. The SMILES string of the molecule is Cc1cccc(C)c1OCC(=O)NNC(=O)CCC(=O)c1cccs1. The van der Waals surface area contributed by atoms with Crippen molar-refractivity contribution in [2.24, 2.45) is 0 Å². The number of ether oxygens (including phenoxy) is 1. The number of hydrazine groups is 1. The quantitative estimate of drug-likeness (QED) is 0.587. The second-order valence-corrected chi connectivity index (χ2v) is 6.45. The molecule has 0 bridgehead atoms. The Morgan fingerprint density at radius 3 is 2.28 bits per heavy atom. The molecule has 6 nitrogen and oxygen atoms in total. The Hall–Kier alpha value is -2.67. The van der Waals surface area contributed by atoms with E-state index in [-0.39, 0.29) is 25.2 Å². The van der Waals surface area contributed by atoms with Crippen molar-refractivity contribution in [1.82, 2.24) is 10.9 Å². The molecule has 0 aliphatic carbocycles. The molecule has 2 N–H and O–H groups in total. The molecule has 0 unspecified atom stereocenters. The Bertz CT molecular complexity index is 736. The molecule has 0 aliphatic rings. The number of para-hydroxylation sites is 1. The molecule has 0 saturated carbocycles. The van der Waals surface area contributed by atoms with E-state index >= 15 is 0 Å². The molecule has 7 heteroatoms. The van der Waals surface area contributed by atoms with Crippen LogP contribution >= 0.6 is 11.3 Å². The Morgan fingerprint density at radius 1 is 0.960 bits per heavy atom. The molecule has 1 heterocycles. The van der Waals surface area contributed by atoms with Crippen LogP contribution in [0, 0.1) is 13.8 Å². The minimum Gasteiger partial charge on any atom is -0.483 e. The van der Waals surface area contributed by atoms with Crippen molar-refractivity contribution in [2.45, 2.75) is 26.7 Å². The number of aryl methyl sites for hydroxylation is 2. The Labute approximate surface area is 150 Å². The average molecular weight is 360 g/mol. The summed E-state index contributed by atoms with van der Waals surface area (Å²) in [7, 11) is 0. The summed E-state index contributed by atoms with van der Waals surface area (Å²) >= 11 is 1.34. The first-order valence-corrected chi connectivity index (χ1v) is 8.68. The molecule has 2 rings (SSSR count). The monoisotopic (exact) mass is 360 g/mol. The molecule has 0 atom stereocenters. The van der Waals surface area contributed by atoms with Gasteiger partial charge in [-0.2, -0.15) is 0 Å². The lowest BCUT2D eigenvalue weighted by atomic mass is 10.1. The average Bonchev–Trinajstić information content (AvgIpc) is 3.12. The van der Waals surface area contributed by atoms with E-state index < -0.39 is 11.8 Å². The first kappa shape index (κ1) is 18.7. The van der Waals surface area contributed by atoms with E-state index in [9.17, 15) is 14.4 Å². The van der Waals surface area contributed by atoms with Crippen molar-refractivity contribution in [3.8, 4) is 5.75 Å². The summed E-state index contributed by atoms with van der Waals surface area (Å²) in [5.74, 6) is -0.328. The van der Waals surface area contributed by atoms with Gasteiger partial charge >= 0.3 is 0 Å². The van der Waals surface area contributed by atoms with Gasteiger partial charge in [-0.25, -0.2) is 0 Å². The van der Waals surface area contributed by atoms with Crippen molar-refractivity contribution >= 4 is 28.9 Å². The highest BCUT2D eigenvalue weighted by Crippen LogP contribution is 2.21. The second-order valence-electron chi connectivity index (χ2n) is 5.51. The Morgan fingerprint density at radius 2 is 1.64 bits per heavy atom. The summed E-state index contributed by atoms with van der Waals surface area (Å²) in [6, 6.07) is 9.21. The number of thiophene rings is 1. The highest BCUT2D eigenvalue weighted by Gasteiger charge is 2.11. The number of amides is 2. The summed E-state index contributed by atoms with van der Waals surface area (Å²) in [5, 5.41) is 1.81. The molecule has 2 aromatic rings. The van der Waals surface area contributed by atoms with Gasteiger partial charge in [-0.05, 0) is 36.4 Å². The van der Waals surface area contributed by atoms with Gasteiger partial charge < -0.3 is 4.74 Å². The van der Waals surface area contributed by atoms with Gasteiger partial charge in [-0.3, -0.25) is 25.2 Å². The smallest absolute Gasteiger partial charge is 0.276 e. The zero-order valence-corrected chi connectivity index (χ0v) is 14.9. The first-order valence-electron chi connectivity index (χ1n) is 7.81. The van der Waals surface area contributed by atoms with Crippen molar-refractivity contribution in [1.29, 1.82) is 0 Å². The van der Waals surface area contributed by atoms with Crippen LogP contribution in [-0.2, 0) is 9.59 Å². The molecule has 0 radical (unpaired) electrons. The topological polar surface area (TPSA) is 84.5 Å². The third-order valence-corrected chi connectivity index (χ3v) is 4.38. The number of hydrogen-bond donors (Lipinski definition) is 2. The van der Waals surface area contributed by atoms with E-state index in [1.807, 2.05) is 37.4 Å². The van der Waals surface area contributed by atoms with Gasteiger partial charge in [0.05, 0.1) is 4.88 Å². The molecule has 0 saturated heterocycles. The molecular weight excluding hydrogens is 340 g/mol. The largest absolute Gasteiger partial charge is 0.483 e. The minimum atomic E-state index is -0.472. The molecule has 132 valence electrons. The number of carbonyl (C=O) groups is 3. The first-order chi connectivity index (χ1) is 12.0. The summed E-state index contributed by atoms with van der Waals surface area (Å²) in [4.78, 5) is 35.9. The van der Waals surface area contributed by atoms with E-state index in [1.54, 1.807) is 12.1 Å². The maximum absolute atomic E-state index is 11.8. The lowest BCUT2D eigenvalue weighted by Gasteiger charge is -2.12. The summed E-state index contributed by atoms with van der Waals surface area (Å²) in [6.07, 6.45) is 0.107. The Kier molecular flexibility index (Phi) is 6.71. The second kappa shape index (κ2) is 8.98. The number of Topliss-reactive ketones (excluding diaryl/α,β-unsaturated/α-hetero) is 1. The van der Waals surface area contributed by atoms with Crippen LogP contribution in [0.1, 0.15) is 33.6 Å². The normalized spacial score (nSPS) is 10.2. The molecule has 0 spiro atoms. The maximum atomic E-state index is 11.8. The molecule has 1 aromatic carbocycles. The fourth-order valence-corrected chi connectivity index (χ4v) is 2.88. The van der Waals surface area contributed by atoms with Crippen LogP contribution in [0.3, 0.4) is 0 Å². The van der Waals surface area contributed by atoms with Crippen molar-refractivity contribution < 1.29 is 19.1 Å². The van der Waals surface area contributed by atoms with Gasteiger partial charge in [0.25, 0.3) is 5.91 Å². The fourth-order valence-electron chi connectivity index (χ4n) is 2.19. The van der Waals surface area contributed by atoms with Gasteiger partial charge in [-0.1, -0.05) is 24.3 Å². The molecule has 2 amide bonds. The molecule has 0 fully saturated rings. The van der Waals surface area contributed by atoms with Crippen molar-refractivity contribution in [2.75, 3.05) is 6.61 Å². The van der Waals surface area contributed by atoms with Crippen LogP contribution in [0.15, 0.2) is 35.7 Å². The number of carbonyl (C=O) groups excluding carboxylic acids is 3. The van der Waals surface area contributed by atoms with Crippen LogP contribution in [0.4, 0.5) is 0 Å². The van der Waals surface area contributed by atoms with Gasteiger partial charge in [0.1, 0.15) is 5.75 Å². The lowest BCUT2D eigenvalue weighted by Crippen LogP contribution is -2.43. The highest BCUT2D eigenvalue weighted by atomic mass is 32.1. The number of nitrogens with one attached hydrogen (secondary N) is 2. The fraction of sp³-hybridized carbons (Fsp3) is 0.278. The zero-order valence-electron chi connectivity index (χ0n) is 14.1. The van der Waals surface area contributed by atoms with Crippen LogP contribution in [0.5, 0.6) is 5.75 Å². The van der Waals surface area contributed by atoms with Crippen LogP contribution in [-0.4, -0.2) is 24.2 Å². The number of ketones is 1. The summed E-state index contributed by atoms with van der Waals surface area (Å²) < 4.78 is 5.49. The zero-order chi connectivity index (χ0) is 18.2.